The molecule has 0 heterocycles. The van der Waals surface area contributed by atoms with Crippen LogP contribution in [0.15, 0.2) is 48.5 Å². The molecule has 6 heteroatoms. The van der Waals surface area contributed by atoms with E-state index in [0.717, 1.165) is 11.1 Å². The van der Waals surface area contributed by atoms with Crippen molar-refractivity contribution >= 4 is 19.8 Å². The summed E-state index contributed by atoms with van der Waals surface area (Å²) in [6.07, 6.45) is 0. The van der Waals surface area contributed by atoms with E-state index in [0.29, 0.717) is 11.1 Å². The number of Topliss-reactive ketones (excluding diaryl/α,β-unsaturated/α-hetero) is 2. The highest BCUT2D eigenvalue weighted by Crippen LogP contribution is 2.25. The van der Waals surface area contributed by atoms with Crippen molar-refractivity contribution in [2.45, 2.75) is 13.8 Å². The van der Waals surface area contributed by atoms with Crippen molar-refractivity contribution in [1.29, 1.82) is 0 Å². The van der Waals surface area contributed by atoms with Crippen LogP contribution in [0.4, 0.5) is 0 Å². The van der Waals surface area contributed by atoms with Crippen molar-refractivity contribution in [1.82, 2.24) is 0 Å². The summed E-state index contributed by atoms with van der Waals surface area (Å²) in [7, 11) is -2.91. The Morgan fingerprint density at radius 2 is 1.17 bits per heavy atom. The molecule has 2 aromatic rings. The largest absolute Gasteiger partial charge is 0.320 e. The first-order valence-corrected chi connectivity index (χ1v) is 8.68. The van der Waals surface area contributed by atoms with Gasteiger partial charge in [0.1, 0.15) is 13.2 Å². The van der Waals surface area contributed by atoms with Crippen molar-refractivity contribution in [3.63, 3.8) is 0 Å². The molecule has 0 amide bonds. The lowest BCUT2D eigenvalue weighted by Crippen LogP contribution is -2.10. The zero-order valence-corrected chi connectivity index (χ0v) is 14.6. The number of hydrogen-bond acceptors (Lipinski definition) is 5. The zero-order chi connectivity index (χ0) is 17.5. The monoisotopic (exact) mass is 346 g/mol. The normalized spacial score (nSPS) is 10.8. The minimum absolute atomic E-state index is 0.278. The number of ketones is 2. The molecule has 0 aliphatic rings. The van der Waals surface area contributed by atoms with E-state index >= 15 is 0 Å². The van der Waals surface area contributed by atoms with Crippen LogP contribution in [0.2, 0.25) is 0 Å². The maximum Gasteiger partial charge on any atom is 0.320 e. The number of hydrogen-bond donors (Lipinski definition) is 0. The molecule has 0 bridgehead atoms. The molecular formula is C18H19O5P. The van der Waals surface area contributed by atoms with Gasteiger partial charge in [0, 0.05) is 11.1 Å². The lowest BCUT2D eigenvalue weighted by molar-refractivity contribution is 0.0877. The molecule has 0 unspecified atom stereocenters. The fraction of sp³-hybridized carbons (Fsp3) is 0.222. The SMILES string of the molecule is Cc1ccccc1C(=O)CO[PH](=O)OCC(=O)c1ccccc1C. The van der Waals surface area contributed by atoms with E-state index in [1.54, 1.807) is 24.3 Å². The summed E-state index contributed by atoms with van der Waals surface area (Å²) in [6, 6.07) is 14.1. The van der Waals surface area contributed by atoms with Crippen molar-refractivity contribution in [3.05, 3.63) is 70.8 Å². The standard InChI is InChI=1S/C18H19O5P/c1-13-7-3-5-9-15(13)17(19)11-22-24(21)23-12-18(20)16-10-6-4-8-14(16)2/h3-10,24H,11-12H2,1-2H3. The molecule has 0 radical (unpaired) electrons. The molecule has 0 saturated heterocycles. The molecule has 2 aromatic carbocycles. The molecule has 0 aliphatic heterocycles. The molecule has 0 spiro atoms. The maximum absolute atomic E-state index is 12.0. The molecule has 0 atom stereocenters. The van der Waals surface area contributed by atoms with E-state index < -0.39 is 8.25 Å². The van der Waals surface area contributed by atoms with Crippen LogP contribution in [0.1, 0.15) is 31.8 Å². The first-order valence-electron chi connectivity index (χ1n) is 7.46. The summed E-state index contributed by atoms with van der Waals surface area (Å²) >= 11 is 0. The molecule has 24 heavy (non-hydrogen) atoms. The van der Waals surface area contributed by atoms with Crippen molar-refractivity contribution in [2.24, 2.45) is 0 Å². The fourth-order valence-corrected chi connectivity index (χ4v) is 2.80. The average Bonchev–Trinajstić information content (AvgIpc) is 2.58. The smallest absolute Gasteiger partial charge is 0.302 e. The molecular weight excluding hydrogens is 327 g/mol. The van der Waals surface area contributed by atoms with Crippen LogP contribution in [0.5, 0.6) is 0 Å². The average molecular weight is 346 g/mol. The number of carbonyl (C=O) groups is 2. The van der Waals surface area contributed by atoms with Crippen LogP contribution in [0, 0.1) is 13.8 Å². The van der Waals surface area contributed by atoms with Crippen LogP contribution in [0.3, 0.4) is 0 Å². The lowest BCUT2D eigenvalue weighted by atomic mass is 10.1. The van der Waals surface area contributed by atoms with Gasteiger partial charge in [0.05, 0.1) is 0 Å². The molecule has 126 valence electrons. The van der Waals surface area contributed by atoms with Gasteiger partial charge in [-0.15, -0.1) is 0 Å². The summed E-state index contributed by atoms with van der Waals surface area (Å²) in [5.74, 6) is -0.555. The van der Waals surface area contributed by atoms with Gasteiger partial charge >= 0.3 is 8.25 Å². The van der Waals surface area contributed by atoms with E-state index in [4.69, 9.17) is 9.05 Å². The van der Waals surface area contributed by atoms with Gasteiger partial charge < -0.3 is 9.05 Å². The molecule has 0 fully saturated rings. The van der Waals surface area contributed by atoms with Gasteiger partial charge in [-0.25, -0.2) is 0 Å². The topological polar surface area (TPSA) is 69.7 Å². The van der Waals surface area contributed by atoms with E-state index in [2.05, 4.69) is 0 Å². The van der Waals surface area contributed by atoms with Crippen LogP contribution in [-0.4, -0.2) is 24.8 Å². The summed E-state index contributed by atoms with van der Waals surface area (Å²) in [5.41, 5.74) is 2.68. The molecule has 0 aliphatic carbocycles. The van der Waals surface area contributed by atoms with Crippen LogP contribution >= 0.6 is 8.25 Å². The minimum atomic E-state index is -2.91. The molecule has 5 nitrogen and oxygen atoms in total. The summed E-state index contributed by atoms with van der Waals surface area (Å²) < 4.78 is 21.6. The van der Waals surface area contributed by atoms with Crippen LogP contribution in [0.25, 0.3) is 0 Å². The second kappa shape index (κ2) is 8.69. The Labute approximate surface area is 141 Å². The van der Waals surface area contributed by atoms with Gasteiger partial charge in [-0.1, -0.05) is 48.5 Å². The summed E-state index contributed by atoms with van der Waals surface area (Å²) in [5, 5.41) is 0. The van der Waals surface area contributed by atoms with Gasteiger partial charge in [0.25, 0.3) is 0 Å². The van der Waals surface area contributed by atoms with E-state index in [9.17, 15) is 14.2 Å². The predicted octanol–water partition coefficient (Wildman–Crippen LogP) is 3.79. The predicted molar refractivity (Wildman–Crippen MR) is 91.9 cm³/mol. The highest BCUT2D eigenvalue weighted by atomic mass is 31.1. The number of carbonyl (C=O) groups excluding carboxylic acids is 2. The second-order valence-electron chi connectivity index (χ2n) is 5.30. The van der Waals surface area contributed by atoms with Crippen LogP contribution < -0.4 is 0 Å². The van der Waals surface area contributed by atoms with Crippen molar-refractivity contribution in [3.8, 4) is 0 Å². The quantitative estimate of drug-likeness (QED) is 0.537. The Balaban J connectivity index is 1.82. The first-order chi connectivity index (χ1) is 11.5. The minimum Gasteiger partial charge on any atom is -0.302 e. The number of aryl methyl sites for hydroxylation is 2. The third-order valence-electron chi connectivity index (χ3n) is 3.53. The maximum atomic E-state index is 12.0. The molecule has 0 saturated carbocycles. The molecule has 2 rings (SSSR count). The Morgan fingerprint density at radius 3 is 1.54 bits per heavy atom. The Hall–Kier alpha value is -2.07. The van der Waals surface area contributed by atoms with Crippen molar-refractivity contribution in [2.75, 3.05) is 13.2 Å². The third-order valence-corrected chi connectivity index (χ3v) is 4.29. The van der Waals surface area contributed by atoms with Gasteiger partial charge in [-0.3, -0.25) is 14.2 Å². The second-order valence-corrected chi connectivity index (χ2v) is 6.38. The fourth-order valence-electron chi connectivity index (χ4n) is 2.22. The Morgan fingerprint density at radius 1 is 0.792 bits per heavy atom. The zero-order valence-electron chi connectivity index (χ0n) is 13.6. The highest BCUT2D eigenvalue weighted by molar-refractivity contribution is 7.33. The van der Waals surface area contributed by atoms with Gasteiger partial charge in [0.15, 0.2) is 11.6 Å². The Bertz CT molecular complexity index is 706. The summed E-state index contributed by atoms with van der Waals surface area (Å²) in [4.78, 5) is 24.0. The van der Waals surface area contributed by atoms with E-state index in [1.165, 1.54) is 0 Å². The molecule has 0 aromatic heterocycles. The highest BCUT2D eigenvalue weighted by Gasteiger charge is 2.13. The molecule has 0 N–H and O–H groups in total. The summed E-state index contributed by atoms with van der Waals surface area (Å²) in [6.45, 7) is 2.93. The van der Waals surface area contributed by atoms with Crippen molar-refractivity contribution < 1.29 is 23.2 Å². The van der Waals surface area contributed by atoms with E-state index in [1.807, 2.05) is 38.1 Å². The van der Waals surface area contributed by atoms with E-state index in [-0.39, 0.29) is 24.8 Å². The Kier molecular flexibility index (Phi) is 6.62. The third kappa shape index (κ3) is 4.96. The van der Waals surface area contributed by atoms with Crippen LogP contribution in [-0.2, 0) is 13.6 Å². The number of rotatable bonds is 8. The number of benzene rings is 2. The first kappa shape index (κ1) is 18.3. The van der Waals surface area contributed by atoms with Gasteiger partial charge in [-0.05, 0) is 25.0 Å². The lowest BCUT2D eigenvalue weighted by Gasteiger charge is -2.07. The van der Waals surface area contributed by atoms with Gasteiger partial charge in [-0.2, -0.15) is 0 Å². The van der Waals surface area contributed by atoms with Gasteiger partial charge in [0.2, 0.25) is 0 Å².